The second kappa shape index (κ2) is 5.99. The van der Waals surface area contributed by atoms with Crippen LogP contribution in [0.3, 0.4) is 0 Å². The molecule has 0 radical (unpaired) electrons. The van der Waals surface area contributed by atoms with E-state index in [2.05, 4.69) is 4.72 Å². The lowest BCUT2D eigenvalue weighted by atomic mass is 10.3. The molecule has 2 atom stereocenters. The summed E-state index contributed by atoms with van der Waals surface area (Å²) in [6.45, 7) is 0. The fraction of sp³-hybridized carbons (Fsp3) is 0.538. The molecule has 3 N–H and O–H groups in total. The Kier molecular flexibility index (Phi) is 4.52. The summed E-state index contributed by atoms with van der Waals surface area (Å²) < 4.78 is 37.6. The van der Waals surface area contributed by atoms with Gasteiger partial charge >= 0.3 is 0 Å². The number of nitrogens with one attached hydrogen (secondary N) is 1. The summed E-state index contributed by atoms with van der Waals surface area (Å²) in [5, 5.41) is 0. The van der Waals surface area contributed by atoms with E-state index < -0.39 is 10.0 Å². The monoisotopic (exact) mass is 300 g/mol. The predicted molar refractivity (Wildman–Crippen MR) is 76.2 cm³/mol. The van der Waals surface area contributed by atoms with Gasteiger partial charge in [0, 0.05) is 19.2 Å². The molecule has 0 saturated heterocycles. The largest absolute Gasteiger partial charge is 0.495 e. The van der Waals surface area contributed by atoms with Gasteiger partial charge in [-0.2, -0.15) is 0 Å². The molecule has 0 aliphatic heterocycles. The van der Waals surface area contributed by atoms with Crippen LogP contribution in [0.2, 0.25) is 0 Å². The Hall–Kier alpha value is -1.31. The minimum absolute atomic E-state index is 0.0894. The van der Waals surface area contributed by atoms with Gasteiger partial charge in [-0.3, -0.25) is 0 Å². The van der Waals surface area contributed by atoms with Crippen molar-refractivity contribution in [1.29, 1.82) is 0 Å². The summed E-state index contributed by atoms with van der Waals surface area (Å²) in [4.78, 5) is 0.157. The molecular formula is C13H20N2O4S. The zero-order valence-corrected chi connectivity index (χ0v) is 12.4. The minimum Gasteiger partial charge on any atom is -0.495 e. The average molecular weight is 300 g/mol. The van der Waals surface area contributed by atoms with Gasteiger partial charge in [0.1, 0.15) is 5.75 Å². The molecule has 1 aromatic rings. The first-order chi connectivity index (χ1) is 9.46. The first-order valence-corrected chi connectivity index (χ1v) is 7.93. The van der Waals surface area contributed by atoms with Crippen LogP contribution in [0.5, 0.6) is 5.75 Å². The summed E-state index contributed by atoms with van der Waals surface area (Å²) in [6, 6.07) is 4.34. The van der Waals surface area contributed by atoms with Gasteiger partial charge in [-0.05, 0) is 31.4 Å². The average Bonchev–Trinajstić information content (AvgIpc) is 2.86. The van der Waals surface area contributed by atoms with E-state index in [0.717, 1.165) is 12.8 Å². The van der Waals surface area contributed by atoms with Crippen LogP contribution in [0.25, 0.3) is 0 Å². The van der Waals surface area contributed by atoms with Crippen molar-refractivity contribution >= 4 is 15.7 Å². The van der Waals surface area contributed by atoms with Gasteiger partial charge in [-0.15, -0.1) is 0 Å². The first-order valence-electron chi connectivity index (χ1n) is 6.45. The summed E-state index contributed by atoms with van der Waals surface area (Å²) in [5.41, 5.74) is 6.10. The van der Waals surface area contributed by atoms with E-state index in [1.54, 1.807) is 7.11 Å². The van der Waals surface area contributed by atoms with Crippen LogP contribution in [0, 0.1) is 0 Å². The van der Waals surface area contributed by atoms with Crippen molar-refractivity contribution in [2.45, 2.75) is 36.3 Å². The molecule has 1 fully saturated rings. The molecule has 1 aliphatic rings. The van der Waals surface area contributed by atoms with E-state index >= 15 is 0 Å². The third-order valence-corrected chi connectivity index (χ3v) is 5.07. The van der Waals surface area contributed by atoms with Crippen molar-refractivity contribution in [1.82, 2.24) is 4.72 Å². The third kappa shape index (κ3) is 3.23. The van der Waals surface area contributed by atoms with Crippen LogP contribution in [0.4, 0.5) is 5.69 Å². The van der Waals surface area contributed by atoms with E-state index in [0.29, 0.717) is 17.9 Å². The highest BCUT2D eigenvalue weighted by molar-refractivity contribution is 7.89. The first kappa shape index (κ1) is 15.1. The van der Waals surface area contributed by atoms with Crippen molar-refractivity contribution < 1.29 is 17.9 Å². The highest BCUT2D eigenvalue weighted by Crippen LogP contribution is 2.27. The van der Waals surface area contributed by atoms with Gasteiger partial charge in [0.2, 0.25) is 10.0 Å². The highest BCUT2D eigenvalue weighted by atomic mass is 32.2. The molecule has 20 heavy (non-hydrogen) atoms. The lowest BCUT2D eigenvalue weighted by molar-refractivity contribution is 0.107. The maximum Gasteiger partial charge on any atom is 0.240 e. The van der Waals surface area contributed by atoms with Gasteiger partial charge < -0.3 is 15.2 Å². The molecular weight excluding hydrogens is 280 g/mol. The van der Waals surface area contributed by atoms with Crippen molar-refractivity contribution in [2.75, 3.05) is 20.0 Å². The second-order valence-corrected chi connectivity index (χ2v) is 6.61. The minimum atomic E-state index is -3.57. The van der Waals surface area contributed by atoms with Crippen LogP contribution >= 0.6 is 0 Å². The number of sulfonamides is 1. The molecule has 7 heteroatoms. The third-order valence-electron chi connectivity index (χ3n) is 3.55. The summed E-state index contributed by atoms with van der Waals surface area (Å²) in [7, 11) is -0.467. The molecule has 1 aliphatic carbocycles. The van der Waals surface area contributed by atoms with Crippen LogP contribution < -0.4 is 15.2 Å². The van der Waals surface area contributed by atoms with Crippen LogP contribution in [0.1, 0.15) is 19.3 Å². The van der Waals surface area contributed by atoms with Crippen LogP contribution in [0.15, 0.2) is 23.1 Å². The maximum atomic E-state index is 12.3. The van der Waals surface area contributed by atoms with Crippen LogP contribution in [-0.2, 0) is 14.8 Å². The Balaban J connectivity index is 2.14. The molecule has 0 bridgehead atoms. The second-order valence-electron chi connectivity index (χ2n) is 4.89. The van der Waals surface area contributed by atoms with Crippen LogP contribution in [-0.4, -0.2) is 34.8 Å². The van der Waals surface area contributed by atoms with Gasteiger partial charge in [-0.1, -0.05) is 0 Å². The number of hydrogen-bond donors (Lipinski definition) is 2. The Morgan fingerprint density at radius 3 is 2.65 bits per heavy atom. The number of hydrogen-bond acceptors (Lipinski definition) is 5. The fourth-order valence-corrected chi connectivity index (χ4v) is 3.71. The SMILES string of the molecule is COc1cc(S(=O)(=O)NC2CCC(OC)C2)ccc1N. The number of anilines is 1. The molecule has 0 spiro atoms. The summed E-state index contributed by atoms with van der Waals surface area (Å²) in [5.74, 6) is 0.356. The number of benzene rings is 1. The molecule has 1 aromatic carbocycles. The van der Waals surface area contributed by atoms with E-state index in [4.69, 9.17) is 15.2 Å². The predicted octanol–water partition coefficient (Wildman–Crippen LogP) is 1.12. The molecule has 112 valence electrons. The lowest BCUT2D eigenvalue weighted by Crippen LogP contribution is -2.33. The fourth-order valence-electron chi connectivity index (χ4n) is 2.41. The topological polar surface area (TPSA) is 90.7 Å². The van der Waals surface area contributed by atoms with Gasteiger partial charge in [0.05, 0.1) is 23.8 Å². The Morgan fingerprint density at radius 1 is 1.30 bits per heavy atom. The Morgan fingerprint density at radius 2 is 2.05 bits per heavy atom. The Labute approximate surface area is 119 Å². The molecule has 2 unspecified atom stereocenters. The quantitative estimate of drug-likeness (QED) is 0.795. The van der Waals surface area contributed by atoms with Crippen molar-refractivity contribution in [3.8, 4) is 5.75 Å². The molecule has 0 amide bonds. The molecule has 0 aromatic heterocycles. The van der Waals surface area contributed by atoms with Gasteiger partial charge in [-0.25, -0.2) is 13.1 Å². The molecule has 2 rings (SSSR count). The van der Waals surface area contributed by atoms with E-state index in [1.165, 1.54) is 25.3 Å². The Bertz CT molecular complexity index is 574. The van der Waals surface area contributed by atoms with Crippen molar-refractivity contribution in [3.05, 3.63) is 18.2 Å². The normalized spacial score (nSPS) is 22.9. The number of ether oxygens (including phenoxy) is 2. The number of nitrogen functional groups attached to an aromatic ring is 1. The van der Waals surface area contributed by atoms with E-state index in [-0.39, 0.29) is 17.0 Å². The molecule has 6 nitrogen and oxygen atoms in total. The summed E-state index contributed by atoms with van der Waals surface area (Å²) in [6.07, 6.45) is 2.48. The standard InChI is InChI=1S/C13H20N2O4S/c1-18-10-4-3-9(7-10)15-20(16,17)11-5-6-12(14)13(8-11)19-2/h5-6,8-10,15H,3-4,7,14H2,1-2H3. The van der Waals surface area contributed by atoms with E-state index in [1.807, 2.05) is 0 Å². The van der Waals surface area contributed by atoms with Crippen molar-refractivity contribution in [3.63, 3.8) is 0 Å². The highest BCUT2D eigenvalue weighted by Gasteiger charge is 2.28. The number of methoxy groups -OCH3 is 2. The summed E-state index contributed by atoms with van der Waals surface area (Å²) >= 11 is 0. The van der Waals surface area contributed by atoms with Crippen molar-refractivity contribution in [2.24, 2.45) is 0 Å². The number of nitrogens with two attached hydrogens (primary N) is 1. The number of rotatable bonds is 5. The molecule has 1 saturated carbocycles. The van der Waals surface area contributed by atoms with Gasteiger partial charge in [0.25, 0.3) is 0 Å². The van der Waals surface area contributed by atoms with E-state index in [9.17, 15) is 8.42 Å². The lowest BCUT2D eigenvalue weighted by Gasteiger charge is -2.14. The zero-order valence-electron chi connectivity index (χ0n) is 11.6. The smallest absolute Gasteiger partial charge is 0.240 e. The van der Waals surface area contributed by atoms with Gasteiger partial charge in [0.15, 0.2) is 0 Å². The molecule has 0 heterocycles. The zero-order chi connectivity index (χ0) is 14.8. The maximum absolute atomic E-state index is 12.3.